The normalized spacial score (nSPS) is 17.8. The predicted octanol–water partition coefficient (Wildman–Crippen LogP) is 7.14. The molecule has 0 unspecified atom stereocenters. The molecule has 3 aromatic rings. The van der Waals surface area contributed by atoms with Crippen LogP contribution in [-0.2, 0) is 4.79 Å². The lowest BCUT2D eigenvalue weighted by molar-refractivity contribution is -0.387. The summed E-state index contributed by atoms with van der Waals surface area (Å²) in [6.07, 6.45) is 7.43. The number of nitro benzene ring substituents is 1. The third-order valence-electron chi connectivity index (χ3n) is 6.58. The fourth-order valence-electron chi connectivity index (χ4n) is 4.61. The van der Waals surface area contributed by atoms with Gasteiger partial charge < -0.3 is 4.74 Å². The number of hydrogen-bond donors (Lipinski definition) is 0. The molecule has 0 atom stereocenters. The monoisotopic (exact) mass is 493 g/mol. The van der Waals surface area contributed by atoms with Gasteiger partial charge in [0.05, 0.1) is 32.0 Å². The van der Waals surface area contributed by atoms with E-state index in [0.29, 0.717) is 27.3 Å². The van der Waals surface area contributed by atoms with Gasteiger partial charge in [-0.2, -0.15) is 9.78 Å². The number of unbranched alkanes of at least 4 members (excludes halogenated alkanes) is 1. The highest BCUT2D eigenvalue weighted by molar-refractivity contribution is 7.99. The van der Waals surface area contributed by atoms with Gasteiger partial charge >= 0.3 is 5.97 Å². The smallest absolute Gasteiger partial charge is 0.315 e. The quantitative estimate of drug-likeness (QED) is 0.179. The fourth-order valence-corrected chi connectivity index (χ4v) is 5.62. The molecule has 1 saturated carbocycles. The molecular formula is C27H31N3O4S. The van der Waals surface area contributed by atoms with Gasteiger partial charge in [-0.3, -0.25) is 14.9 Å². The summed E-state index contributed by atoms with van der Waals surface area (Å²) in [6.45, 7) is 4.04. The molecule has 2 aromatic carbocycles. The van der Waals surface area contributed by atoms with Crippen LogP contribution in [0.3, 0.4) is 0 Å². The van der Waals surface area contributed by atoms with Crippen LogP contribution in [0.25, 0.3) is 5.69 Å². The van der Waals surface area contributed by atoms with Crippen molar-refractivity contribution in [2.45, 2.75) is 68.6 Å². The molecule has 4 rings (SSSR count). The molecule has 0 radical (unpaired) electrons. The Morgan fingerprint density at radius 1 is 1.11 bits per heavy atom. The molecular weight excluding hydrogens is 462 g/mol. The van der Waals surface area contributed by atoms with Gasteiger partial charge in [0.1, 0.15) is 0 Å². The summed E-state index contributed by atoms with van der Waals surface area (Å²) in [4.78, 5) is 25.5. The summed E-state index contributed by atoms with van der Waals surface area (Å²) >= 11 is 1.21. The minimum Gasteiger partial charge on any atom is -0.406 e. The van der Waals surface area contributed by atoms with Gasteiger partial charge in [-0.05, 0) is 56.7 Å². The van der Waals surface area contributed by atoms with Gasteiger partial charge in [-0.1, -0.05) is 68.3 Å². The Labute approximate surface area is 210 Å². The van der Waals surface area contributed by atoms with E-state index < -0.39 is 4.92 Å². The molecule has 0 aliphatic heterocycles. The zero-order chi connectivity index (χ0) is 24.8. The number of ether oxygens (including phenoxy) is 1. The van der Waals surface area contributed by atoms with Gasteiger partial charge in [-0.15, -0.1) is 0 Å². The molecule has 7 nitrogen and oxygen atoms in total. The molecule has 1 heterocycles. The van der Waals surface area contributed by atoms with Gasteiger partial charge in [0, 0.05) is 6.07 Å². The van der Waals surface area contributed by atoms with Crippen LogP contribution in [0.1, 0.15) is 57.6 Å². The van der Waals surface area contributed by atoms with Crippen molar-refractivity contribution in [3.8, 4) is 11.6 Å². The lowest BCUT2D eigenvalue weighted by Gasteiger charge is -2.27. The Bertz CT molecular complexity index is 1170. The average molecular weight is 494 g/mol. The number of carbonyl (C=O) groups is 1. The Hall–Kier alpha value is -3.13. The molecule has 0 N–H and O–H groups in total. The van der Waals surface area contributed by atoms with Crippen LogP contribution in [0.4, 0.5) is 5.69 Å². The standard InChI is InChI=1S/C27H31N3O4S/c1-3-4-10-20-15-17-21(18-16-20)27(31)34-26-25(35-24-14-9-8-13-23(24)30(32)33)19(2)28-29(26)22-11-6-5-7-12-22/h5-9,11-14,20-21H,3-4,10,15-18H2,1-2H3. The van der Waals surface area contributed by atoms with Crippen molar-refractivity contribution in [3.05, 3.63) is 70.4 Å². The molecule has 184 valence electrons. The Morgan fingerprint density at radius 3 is 2.49 bits per heavy atom. The Morgan fingerprint density at radius 2 is 1.80 bits per heavy atom. The highest BCUT2D eigenvalue weighted by atomic mass is 32.2. The highest BCUT2D eigenvalue weighted by Gasteiger charge is 2.31. The zero-order valence-corrected chi connectivity index (χ0v) is 21.0. The number of esters is 1. The van der Waals surface area contributed by atoms with E-state index in [1.54, 1.807) is 22.9 Å². The summed E-state index contributed by atoms with van der Waals surface area (Å²) in [5.41, 5.74) is 1.41. The van der Waals surface area contributed by atoms with Crippen molar-refractivity contribution in [1.82, 2.24) is 9.78 Å². The fraction of sp³-hybridized carbons (Fsp3) is 0.407. The summed E-state index contributed by atoms with van der Waals surface area (Å²) in [5.74, 6) is 0.618. The summed E-state index contributed by atoms with van der Waals surface area (Å²) < 4.78 is 7.67. The van der Waals surface area contributed by atoms with E-state index >= 15 is 0 Å². The summed E-state index contributed by atoms with van der Waals surface area (Å²) in [6, 6.07) is 16.0. The first-order valence-corrected chi connectivity index (χ1v) is 13.1. The number of carbonyl (C=O) groups excluding carboxylic acids is 1. The Kier molecular flexibility index (Phi) is 8.23. The van der Waals surface area contributed by atoms with E-state index in [1.165, 1.54) is 37.1 Å². The number of rotatable bonds is 9. The van der Waals surface area contributed by atoms with Crippen molar-refractivity contribution >= 4 is 23.4 Å². The van der Waals surface area contributed by atoms with E-state index in [2.05, 4.69) is 12.0 Å². The van der Waals surface area contributed by atoms with Gasteiger partial charge in [-0.25, -0.2) is 0 Å². The molecule has 1 fully saturated rings. The van der Waals surface area contributed by atoms with E-state index in [-0.39, 0.29) is 17.6 Å². The predicted molar refractivity (Wildman–Crippen MR) is 136 cm³/mol. The molecule has 1 aliphatic rings. The van der Waals surface area contributed by atoms with Crippen LogP contribution < -0.4 is 4.74 Å². The number of benzene rings is 2. The third-order valence-corrected chi connectivity index (χ3v) is 7.82. The van der Waals surface area contributed by atoms with Crippen molar-refractivity contribution in [2.24, 2.45) is 11.8 Å². The summed E-state index contributed by atoms with van der Waals surface area (Å²) in [7, 11) is 0. The number of aromatic nitrogens is 2. The number of para-hydroxylation sites is 2. The number of aryl methyl sites for hydroxylation is 1. The minimum atomic E-state index is -0.401. The van der Waals surface area contributed by atoms with Crippen molar-refractivity contribution in [2.75, 3.05) is 0 Å². The molecule has 1 aliphatic carbocycles. The first kappa shape index (κ1) is 25.0. The van der Waals surface area contributed by atoms with E-state index in [0.717, 1.165) is 31.4 Å². The van der Waals surface area contributed by atoms with Gasteiger partial charge in [0.2, 0.25) is 5.88 Å². The lowest BCUT2D eigenvalue weighted by Crippen LogP contribution is -2.26. The van der Waals surface area contributed by atoms with Crippen LogP contribution in [-0.4, -0.2) is 20.7 Å². The maximum absolute atomic E-state index is 13.3. The first-order chi connectivity index (χ1) is 17.0. The Balaban J connectivity index is 1.62. The SMILES string of the molecule is CCCCC1CCC(C(=O)Oc2c(Sc3ccccc3[N+](=O)[O-])c(C)nn2-c2ccccc2)CC1. The van der Waals surface area contributed by atoms with Crippen LogP contribution in [0.5, 0.6) is 5.88 Å². The van der Waals surface area contributed by atoms with E-state index in [9.17, 15) is 14.9 Å². The van der Waals surface area contributed by atoms with Crippen LogP contribution >= 0.6 is 11.8 Å². The number of hydrogen-bond acceptors (Lipinski definition) is 6. The third kappa shape index (κ3) is 5.93. The van der Waals surface area contributed by atoms with E-state index in [4.69, 9.17) is 4.74 Å². The molecule has 0 saturated heterocycles. The minimum absolute atomic E-state index is 0.00652. The topological polar surface area (TPSA) is 87.3 Å². The molecule has 35 heavy (non-hydrogen) atoms. The van der Waals surface area contributed by atoms with Gasteiger partial charge in [0.25, 0.3) is 5.69 Å². The number of nitrogens with zero attached hydrogens (tertiary/aromatic N) is 3. The number of nitro groups is 1. The van der Waals surface area contributed by atoms with E-state index in [1.807, 2.05) is 37.3 Å². The maximum atomic E-state index is 13.3. The second-order valence-electron chi connectivity index (χ2n) is 9.07. The van der Waals surface area contributed by atoms with Crippen molar-refractivity contribution in [1.29, 1.82) is 0 Å². The van der Waals surface area contributed by atoms with Crippen molar-refractivity contribution < 1.29 is 14.5 Å². The molecule has 0 amide bonds. The van der Waals surface area contributed by atoms with Crippen molar-refractivity contribution in [3.63, 3.8) is 0 Å². The lowest BCUT2D eigenvalue weighted by atomic mass is 9.80. The second kappa shape index (κ2) is 11.5. The zero-order valence-electron chi connectivity index (χ0n) is 20.2. The van der Waals surface area contributed by atoms with Crippen LogP contribution in [0.2, 0.25) is 0 Å². The van der Waals surface area contributed by atoms with Crippen LogP contribution in [0.15, 0.2) is 64.4 Å². The molecule has 0 bridgehead atoms. The first-order valence-electron chi connectivity index (χ1n) is 12.3. The highest BCUT2D eigenvalue weighted by Crippen LogP contribution is 2.43. The second-order valence-corrected chi connectivity index (χ2v) is 10.1. The average Bonchev–Trinajstić information content (AvgIpc) is 3.18. The largest absolute Gasteiger partial charge is 0.406 e. The molecule has 8 heteroatoms. The molecule has 1 aromatic heterocycles. The summed E-state index contributed by atoms with van der Waals surface area (Å²) in [5, 5.41) is 16.2. The van der Waals surface area contributed by atoms with Gasteiger partial charge in [0.15, 0.2) is 0 Å². The van der Waals surface area contributed by atoms with Crippen LogP contribution in [0, 0.1) is 28.9 Å². The molecule has 0 spiro atoms. The maximum Gasteiger partial charge on any atom is 0.315 e.